The van der Waals surface area contributed by atoms with Crippen molar-refractivity contribution < 1.29 is 9.26 Å². The molecule has 0 spiro atoms. The average molecular weight is 324 g/mol. The molecular formula is C17H32N4O2. The number of aryl methyl sites for hydroxylation is 2. The van der Waals surface area contributed by atoms with Gasteiger partial charge in [-0.25, -0.2) is 4.99 Å². The van der Waals surface area contributed by atoms with E-state index in [2.05, 4.69) is 48.5 Å². The van der Waals surface area contributed by atoms with Gasteiger partial charge in [-0.15, -0.1) is 0 Å². The highest BCUT2D eigenvalue weighted by molar-refractivity contribution is 5.79. The highest BCUT2D eigenvalue weighted by Gasteiger charge is 2.12. The van der Waals surface area contributed by atoms with Crippen LogP contribution in [-0.4, -0.2) is 37.4 Å². The van der Waals surface area contributed by atoms with E-state index in [1.54, 1.807) is 0 Å². The van der Waals surface area contributed by atoms with Crippen LogP contribution in [0.25, 0.3) is 0 Å². The van der Waals surface area contributed by atoms with Crippen molar-refractivity contribution in [3.63, 3.8) is 0 Å². The van der Waals surface area contributed by atoms with Crippen molar-refractivity contribution in [1.82, 2.24) is 15.8 Å². The highest BCUT2D eigenvalue weighted by atomic mass is 16.5. The second kappa shape index (κ2) is 11.9. The molecule has 0 aliphatic rings. The van der Waals surface area contributed by atoms with E-state index < -0.39 is 0 Å². The van der Waals surface area contributed by atoms with Crippen LogP contribution in [0, 0.1) is 0 Å². The summed E-state index contributed by atoms with van der Waals surface area (Å²) in [7, 11) is 0. The number of ether oxygens (including phenoxy) is 1. The van der Waals surface area contributed by atoms with Gasteiger partial charge in [-0.3, -0.25) is 0 Å². The number of hydrogen-bond acceptors (Lipinski definition) is 4. The summed E-state index contributed by atoms with van der Waals surface area (Å²) in [4.78, 5) is 4.65. The molecule has 0 atom stereocenters. The average Bonchev–Trinajstić information content (AvgIpc) is 2.97. The molecule has 0 saturated carbocycles. The monoisotopic (exact) mass is 324 g/mol. The number of unbranched alkanes of at least 4 members (excludes halogenated alkanes) is 1. The van der Waals surface area contributed by atoms with Crippen molar-refractivity contribution in [2.45, 2.75) is 59.9 Å². The van der Waals surface area contributed by atoms with Gasteiger partial charge < -0.3 is 19.9 Å². The molecule has 1 aromatic rings. The molecule has 0 fully saturated rings. The first-order valence-corrected chi connectivity index (χ1v) is 8.82. The van der Waals surface area contributed by atoms with Crippen LogP contribution in [0.5, 0.6) is 0 Å². The van der Waals surface area contributed by atoms with Gasteiger partial charge in [0.1, 0.15) is 5.76 Å². The van der Waals surface area contributed by atoms with Crippen LogP contribution in [0.4, 0.5) is 0 Å². The quantitative estimate of drug-likeness (QED) is 0.372. The first-order valence-electron chi connectivity index (χ1n) is 8.82. The Balaban J connectivity index is 2.53. The third-order valence-corrected chi connectivity index (χ3v) is 3.53. The van der Waals surface area contributed by atoms with E-state index in [4.69, 9.17) is 9.26 Å². The summed E-state index contributed by atoms with van der Waals surface area (Å²) in [5.74, 6) is 1.74. The minimum Gasteiger partial charge on any atom is -0.380 e. The minimum absolute atomic E-state index is 0.585. The lowest BCUT2D eigenvalue weighted by molar-refractivity contribution is 0.136. The van der Waals surface area contributed by atoms with E-state index in [-0.39, 0.29) is 0 Å². The Bertz CT molecular complexity index is 436. The number of nitrogens with zero attached hydrogens (tertiary/aromatic N) is 2. The van der Waals surface area contributed by atoms with E-state index in [9.17, 15) is 0 Å². The number of guanidine groups is 1. The van der Waals surface area contributed by atoms with Gasteiger partial charge in [0.2, 0.25) is 0 Å². The first kappa shape index (κ1) is 19.5. The number of nitrogens with one attached hydrogen (secondary N) is 2. The predicted octanol–water partition coefficient (Wildman–Crippen LogP) is 2.67. The zero-order chi connectivity index (χ0) is 16.9. The number of hydrogen-bond donors (Lipinski definition) is 2. The summed E-state index contributed by atoms with van der Waals surface area (Å²) in [5, 5.41) is 10.7. The molecule has 0 unspecified atom stereocenters. The second-order valence-corrected chi connectivity index (χ2v) is 5.33. The molecule has 6 nitrogen and oxygen atoms in total. The van der Waals surface area contributed by atoms with Crippen LogP contribution >= 0.6 is 0 Å². The molecule has 2 N–H and O–H groups in total. The Morgan fingerprint density at radius 1 is 1.13 bits per heavy atom. The van der Waals surface area contributed by atoms with Crippen molar-refractivity contribution in [1.29, 1.82) is 0 Å². The van der Waals surface area contributed by atoms with Gasteiger partial charge in [-0.2, -0.15) is 0 Å². The molecule has 0 amide bonds. The lowest BCUT2D eigenvalue weighted by atomic mass is 10.1. The maximum Gasteiger partial charge on any atom is 0.191 e. The van der Waals surface area contributed by atoms with Gasteiger partial charge in [-0.05, 0) is 19.8 Å². The summed E-state index contributed by atoms with van der Waals surface area (Å²) >= 11 is 0. The smallest absolute Gasteiger partial charge is 0.191 e. The van der Waals surface area contributed by atoms with E-state index in [1.165, 1.54) is 0 Å². The third-order valence-electron chi connectivity index (χ3n) is 3.53. The van der Waals surface area contributed by atoms with Crippen LogP contribution in [-0.2, 0) is 24.1 Å². The van der Waals surface area contributed by atoms with Crippen LogP contribution in [0.1, 0.15) is 57.6 Å². The zero-order valence-electron chi connectivity index (χ0n) is 15.1. The molecule has 23 heavy (non-hydrogen) atoms. The summed E-state index contributed by atoms with van der Waals surface area (Å²) in [5.41, 5.74) is 2.12. The van der Waals surface area contributed by atoms with E-state index >= 15 is 0 Å². The SMILES string of the molecule is CCCCOCCNC(=NCc1c(CC)noc1CC)NCC. The fourth-order valence-corrected chi connectivity index (χ4v) is 2.21. The van der Waals surface area contributed by atoms with Crippen molar-refractivity contribution in [3.8, 4) is 0 Å². The molecule has 0 aliphatic carbocycles. The standard InChI is InChI=1S/C17H32N4O2/c1-5-9-11-22-12-10-19-17(18-8-4)20-13-14-15(6-2)21-23-16(14)7-3/h5-13H2,1-4H3,(H2,18,19,20). The number of aliphatic imine (C=N–C) groups is 1. The third kappa shape index (κ3) is 7.03. The lowest BCUT2D eigenvalue weighted by Gasteiger charge is -2.11. The molecule has 1 heterocycles. The van der Waals surface area contributed by atoms with Crippen LogP contribution < -0.4 is 10.6 Å². The molecule has 1 aromatic heterocycles. The highest BCUT2D eigenvalue weighted by Crippen LogP contribution is 2.16. The van der Waals surface area contributed by atoms with Crippen LogP contribution in [0.2, 0.25) is 0 Å². The molecule has 132 valence electrons. The zero-order valence-corrected chi connectivity index (χ0v) is 15.1. The Morgan fingerprint density at radius 3 is 2.61 bits per heavy atom. The molecule has 0 bridgehead atoms. The van der Waals surface area contributed by atoms with Crippen molar-refractivity contribution in [2.75, 3.05) is 26.3 Å². The van der Waals surface area contributed by atoms with Crippen molar-refractivity contribution >= 4 is 5.96 Å². The molecule has 1 rings (SSSR count). The number of aromatic nitrogens is 1. The largest absolute Gasteiger partial charge is 0.380 e. The lowest BCUT2D eigenvalue weighted by Crippen LogP contribution is -2.39. The van der Waals surface area contributed by atoms with Crippen molar-refractivity contribution in [3.05, 3.63) is 17.0 Å². The predicted molar refractivity (Wildman–Crippen MR) is 93.8 cm³/mol. The normalized spacial score (nSPS) is 11.7. The van der Waals surface area contributed by atoms with E-state index in [0.717, 1.165) is 68.4 Å². The van der Waals surface area contributed by atoms with Crippen molar-refractivity contribution in [2.24, 2.45) is 4.99 Å². The second-order valence-electron chi connectivity index (χ2n) is 5.33. The van der Waals surface area contributed by atoms with Gasteiger partial charge in [0.25, 0.3) is 0 Å². The maximum absolute atomic E-state index is 5.56. The fraction of sp³-hybridized carbons (Fsp3) is 0.765. The minimum atomic E-state index is 0.585. The summed E-state index contributed by atoms with van der Waals surface area (Å²) in [6.07, 6.45) is 3.98. The molecule has 6 heteroatoms. The molecule has 0 aliphatic heterocycles. The fourth-order valence-electron chi connectivity index (χ4n) is 2.21. The molecule has 0 aromatic carbocycles. The van der Waals surface area contributed by atoms with Crippen LogP contribution in [0.3, 0.4) is 0 Å². The van der Waals surface area contributed by atoms with Crippen LogP contribution in [0.15, 0.2) is 9.52 Å². The van der Waals surface area contributed by atoms with E-state index in [0.29, 0.717) is 13.2 Å². The van der Waals surface area contributed by atoms with Gasteiger partial charge >= 0.3 is 0 Å². The molecule has 0 saturated heterocycles. The Kier molecular flexibility index (Phi) is 10.1. The van der Waals surface area contributed by atoms with Gasteiger partial charge in [0, 0.05) is 31.7 Å². The Morgan fingerprint density at radius 2 is 1.96 bits per heavy atom. The summed E-state index contributed by atoms with van der Waals surface area (Å²) < 4.78 is 10.9. The summed E-state index contributed by atoms with van der Waals surface area (Å²) in [6.45, 7) is 12.1. The number of rotatable bonds is 11. The molecule has 0 radical (unpaired) electrons. The van der Waals surface area contributed by atoms with Gasteiger partial charge in [0.15, 0.2) is 5.96 Å². The van der Waals surface area contributed by atoms with Gasteiger partial charge in [-0.1, -0.05) is 32.3 Å². The first-order chi connectivity index (χ1) is 11.3. The van der Waals surface area contributed by atoms with Gasteiger partial charge in [0.05, 0.1) is 18.8 Å². The molecular weight excluding hydrogens is 292 g/mol. The maximum atomic E-state index is 5.56. The van der Waals surface area contributed by atoms with E-state index in [1.807, 2.05) is 0 Å². The Hall–Kier alpha value is -1.56. The Labute approximate surface area is 140 Å². The topological polar surface area (TPSA) is 71.7 Å². The summed E-state index contributed by atoms with van der Waals surface area (Å²) in [6, 6.07) is 0.